The van der Waals surface area contributed by atoms with Crippen molar-refractivity contribution in [3.8, 4) is 0 Å². The fourth-order valence-corrected chi connectivity index (χ4v) is 2.73. The summed E-state index contributed by atoms with van der Waals surface area (Å²) >= 11 is 0. The van der Waals surface area contributed by atoms with Crippen LogP contribution < -0.4 is 10.6 Å². The molecular weight excluding hydrogens is 374 g/mol. The number of carboxylic acid groups (broad SMARTS) is 1. The SMILES string of the molecule is O=C=NCC(=O)N[C@@H](Cc1ccccc1)C(=O)N[C@@H](Cc1ccccc1)C(=O)O. The van der Waals surface area contributed by atoms with E-state index in [1.54, 1.807) is 48.5 Å². The highest BCUT2D eigenvalue weighted by atomic mass is 16.4. The second-order valence-electron chi connectivity index (χ2n) is 6.31. The summed E-state index contributed by atoms with van der Waals surface area (Å²) < 4.78 is 0. The third-order valence-electron chi connectivity index (χ3n) is 4.12. The Bertz CT molecular complexity index is 880. The molecule has 0 aliphatic heterocycles. The number of carboxylic acids is 1. The summed E-state index contributed by atoms with van der Waals surface area (Å²) in [6, 6.07) is 15.7. The van der Waals surface area contributed by atoms with Crippen molar-refractivity contribution in [1.29, 1.82) is 0 Å². The van der Waals surface area contributed by atoms with E-state index in [0.29, 0.717) is 0 Å². The number of aliphatic imine (C=N–C) groups is 1. The van der Waals surface area contributed by atoms with Crippen molar-refractivity contribution >= 4 is 23.9 Å². The lowest BCUT2D eigenvalue weighted by molar-refractivity contribution is -0.142. The first-order valence-electron chi connectivity index (χ1n) is 8.93. The van der Waals surface area contributed by atoms with Gasteiger partial charge in [0.05, 0.1) is 0 Å². The van der Waals surface area contributed by atoms with Gasteiger partial charge in [0.25, 0.3) is 0 Å². The van der Waals surface area contributed by atoms with Gasteiger partial charge in [-0.05, 0) is 11.1 Å². The molecule has 0 heterocycles. The lowest BCUT2D eigenvalue weighted by Gasteiger charge is -2.21. The van der Waals surface area contributed by atoms with Crippen molar-refractivity contribution in [2.75, 3.05) is 6.54 Å². The van der Waals surface area contributed by atoms with Gasteiger partial charge in [-0.1, -0.05) is 60.7 Å². The van der Waals surface area contributed by atoms with Gasteiger partial charge < -0.3 is 15.7 Å². The topological polar surface area (TPSA) is 125 Å². The third-order valence-corrected chi connectivity index (χ3v) is 4.12. The molecule has 2 aromatic carbocycles. The summed E-state index contributed by atoms with van der Waals surface area (Å²) in [6.45, 7) is -0.464. The van der Waals surface area contributed by atoms with Crippen LogP contribution in [-0.4, -0.2) is 47.6 Å². The van der Waals surface area contributed by atoms with Crippen molar-refractivity contribution in [1.82, 2.24) is 10.6 Å². The van der Waals surface area contributed by atoms with Gasteiger partial charge in [0.15, 0.2) is 0 Å². The highest BCUT2D eigenvalue weighted by Crippen LogP contribution is 2.07. The maximum Gasteiger partial charge on any atom is 0.326 e. The van der Waals surface area contributed by atoms with Crippen LogP contribution in [0.1, 0.15) is 11.1 Å². The number of isocyanates is 1. The molecule has 2 rings (SSSR count). The predicted molar refractivity (Wildman–Crippen MR) is 105 cm³/mol. The van der Waals surface area contributed by atoms with Gasteiger partial charge in [-0.2, -0.15) is 4.99 Å². The monoisotopic (exact) mass is 395 g/mol. The van der Waals surface area contributed by atoms with Crippen LogP contribution in [0.2, 0.25) is 0 Å². The molecule has 0 aliphatic carbocycles. The van der Waals surface area contributed by atoms with E-state index in [2.05, 4.69) is 15.6 Å². The zero-order valence-corrected chi connectivity index (χ0v) is 15.6. The summed E-state index contributed by atoms with van der Waals surface area (Å²) in [5, 5.41) is 14.5. The van der Waals surface area contributed by atoms with E-state index in [4.69, 9.17) is 0 Å². The molecule has 0 saturated carbocycles. The first-order chi connectivity index (χ1) is 14.0. The fraction of sp³-hybridized carbons (Fsp3) is 0.238. The van der Waals surface area contributed by atoms with Crippen LogP contribution in [0.15, 0.2) is 65.7 Å². The molecule has 2 aromatic rings. The van der Waals surface area contributed by atoms with Crippen LogP contribution in [0.5, 0.6) is 0 Å². The number of nitrogens with zero attached hydrogens (tertiary/aromatic N) is 1. The van der Waals surface area contributed by atoms with Gasteiger partial charge in [0.2, 0.25) is 17.9 Å². The maximum atomic E-state index is 12.8. The highest BCUT2D eigenvalue weighted by molar-refractivity contribution is 5.91. The van der Waals surface area contributed by atoms with Crippen LogP contribution in [-0.2, 0) is 32.0 Å². The molecule has 8 nitrogen and oxygen atoms in total. The summed E-state index contributed by atoms with van der Waals surface area (Å²) in [4.78, 5) is 49.7. The zero-order valence-electron chi connectivity index (χ0n) is 15.6. The minimum atomic E-state index is -1.18. The number of hydrogen-bond donors (Lipinski definition) is 3. The molecule has 2 amide bonds. The molecule has 2 atom stereocenters. The first kappa shape index (κ1) is 21.5. The van der Waals surface area contributed by atoms with Gasteiger partial charge in [-0.25, -0.2) is 9.59 Å². The smallest absolute Gasteiger partial charge is 0.326 e. The highest BCUT2D eigenvalue weighted by Gasteiger charge is 2.27. The molecule has 0 unspecified atom stereocenters. The van der Waals surface area contributed by atoms with E-state index in [0.717, 1.165) is 11.1 Å². The van der Waals surface area contributed by atoms with E-state index >= 15 is 0 Å². The summed E-state index contributed by atoms with van der Waals surface area (Å²) in [7, 11) is 0. The fourth-order valence-electron chi connectivity index (χ4n) is 2.73. The predicted octanol–water partition coefficient (Wildman–Crippen LogP) is 0.862. The average Bonchev–Trinajstić information content (AvgIpc) is 2.72. The largest absolute Gasteiger partial charge is 0.480 e. The van der Waals surface area contributed by atoms with E-state index in [1.165, 1.54) is 6.08 Å². The lowest BCUT2D eigenvalue weighted by Crippen LogP contribution is -2.53. The molecular formula is C21H21N3O5. The van der Waals surface area contributed by atoms with Crippen LogP contribution in [0.4, 0.5) is 0 Å². The first-order valence-corrected chi connectivity index (χ1v) is 8.93. The number of carbonyl (C=O) groups excluding carboxylic acids is 3. The molecule has 0 aliphatic rings. The van der Waals surface area contributed by atoms with Gasteiger partial charge in [-0.3, -0.25) is 9.59 Å². The second-order valence-corrected chi connectivity index (χ2v) is 6.31. The van der Waals surface area contributed by atoms with E-state index in [9.17, 15) is 24.3 Å². The number of aliphatic carboxylic acids is 1. The minimum absolute atomic E-state index is 0.101. The Labute approximate surface area is 167 Å². The number of hydrogen-bond acceptors (Lipinski definition) is 5. The van der Waals surface area contributed by atoms with Gasteiger partial charge >= 0.3 is 5.97 Å². The molecule has 0 fully saturated rings. The Balaban J connectivity index is 2.13. The van der Waals surface area contributed by atoms with Crippen molar-refractivity contribution < 1.29 is 24.3 Å². The van der Waals surface area contributed by atoms with Gasteiger partial charge in [0.1, 0.15) is 18.6 Å². The number of benzene rings is 2. The number of amides is 2. The molecule has 150 valence electrons. The zero-order chi connectivity index (χ0) is 21.1. The van der Waals surface area contributed by atoms with Crippen LogP contribution in [0, 0.1) is 0 Å². The number of carbonyl (C=O) groups is 3. The molecule has 8 heteroatoms. The molecule has 0 radical (unpaired) electrons. The van der Waals surface area contributed by atoms with Crippen molar-refractivity contribution in [3.63, 3.8) is 0 Å². The quantitative estimate of drug-likeness (QED) is 0.406. The third kappa shape index (κ3) is 7.40. The molecule has 3 N–H and O–H groups in total. The van der Waals surface area contributed by atoms with Crippen molar-refractivity contribution in [2.45, 2.75) is 24.9 Å². The Kier molecular flexibility index (Phi) is 8.28. The number of nitrogens with one attached hydrogen (secondary N) is 2. The van der Waals surface area contributed by atoms with Crippen LogP contribution in [0.3, 0.4) is 0 Å². The minimum Gasteiger partial charge on any atom is -0.480 e. The van der Waals surface area contributed by atoms with Crippen molar-refractivity contribution in [3.05, 3.63) is 71.8 Å². The Morgan fingerprint density at radius 2 is 1.38 bits per heavy atom. The van der Waals surface area contributed by atoms with Crippen LogP contribution >= 0.6 is 0 Å². The second kappa shape index (κ2) is 11.2. The molecule has 0 bridgehead atoms. The Hall–Kier alpha value is -3.77. The van der Waals surface area contributed by atoms with E-state index < -0.39 is 36.4 Å². The van der Waals surface area contributed by atoms with E-state index in [-0.39, 0.29) is 12.8 Å². The molecule has 0 saturated heterocycles. The van der Waals surface area contributed by atoms with Crippen molar-refractivity contribution in [2.24, 2.45) is 4.99 Å². The van der Waals surface area contributed by atoms with Gasteiger partial charge in [-0.15, -0.1) is 0 Å². The summed E-state index contributed by atoms with van der Waals surface area (Å²) in [6.07, 6.45) is 1.52. The Morgan fingerprint density at radius 1 is 0.862 bits per heavy atom. The molecule has 0 spiro atoms. The average molecular weight is 395 g/mol. The maximum absolute atomic E-state index is 12.8. The normalized spacial score (nSPS) is 12.1. The van der Waals surface area contributed by atoms with E-state index in [1.807, 2.05) is 12.1 Å². The Morgan fingerprint density at radius 3 is 1.86 bits per heavy atom. The van der Waals surface area contributed by atoms with Crippen LogP contribution in [0.25, 0.3) is 0 Å². The summed E-state index contributed by atoms with van der Waals surface area (Å²) in [5.74, 6) is -2.46. The number of rotatable bonds is 10. The summed E-state index contributed by atoms with van der Waals surface area (Å²) in [5.41, 5.74) is 1.53. The van der Waals surface area contributed by atoms with Gasteiger partial charge in [0, 0.05) is 12.8 Å². The lowest BCUT2D eigenvalue weighted by atomic mass is 10.0. The molecule has 29 heavy (non-hydrogen) atoms. The molecule has 0 aromatic heterocycles. The standard InChI is InChI=1S/C21H21N3O5/c25-14-22-13-19(26)23-17(11-15-7-3-1-4-8-15)20(27)24-18(21(28)29)12-16-9-5-2-6-10-16/h1-10,17-18H,11-13H2,(H,23,26)(H,24,27)(H,28,29)/t17-,18-/m0/s1.